The Morgan fingerprint density at radius 3 is 2.75 bits per heavy atom. The van der Waals surface area contributed by atoms with Crippen LogP contribution in [0.3, 0.4) is 0 Å². The molecule has 0 radical (unpaired) electrons. The normalized spacial score (nSPS) is 25.3. The second-order valence-electron chi connectivity index (χ2n) is 5.31. The molecule has 1 aliphatic heterocycles. The Balaban J connectivity index is 2.12. The Kier molecular flexibility index (Phi) is 7.06. The van der Waals surface area contributed by atoms with Gasteiger partial charge in [-0.25, -0.2) is 0 Å². The Bertz CT molecular complexity index is 170. The lowest BCUT2D eigenvalue weighted by molar-refractivity contribution is 0.275. The average Bonchev–Trinajstić information content (AvgIpc) is 2.54. The molecule has 2 nitrogen and oxygen atoms in total. The third kappa shape index (κ3) is 5.31. The second kappa shape index (κ2) is 8.08. The van der Waals surface area contributed by atoms with Crippen LogP contribution < -0.4 is 5.32 Å². The molecule has 1 aliphatic rings. The van der Waals surface area contributed by atoms with Crippen LogP contribution in [0, 0.1) is 5.92 Å². The topological polar surface area (TPSA) is 15.3 Å². The van der Waals surface area contributed by atoms with Gasteiger partial charge in [0.05, 0.1) is 0 Å². The lowest BCUT2D eigenvalue weighted by Gasteiger charge is -2.21. The molecule has 0 amide bonds. The summed E-state index contributed by atoms with van der Waals surface area (Å²) in [7, 11) is 0. The molecule has 2 unspecified atom stereocenters. The highest BCUT2D eigenvalue weighted by Gasteiger charge is 2.15. The summed E-state index contributed by atoms with van der Waals surface area (Å²) >= 11 is 0. The molecule has 2 heteroatoms. The Hall–Kier alpha value is -0.0800. The van der Waals surface area contributed by atoms with Gasteiger partial charge in [-0.05, 0) is 51.6 Å². The number of nitrogens with zero attached hydrogens (tertiary/aromatic N) is 1. The molecule has 1 saturated heterocycles. The van der Waals surface area contributed by atoms with Crippen LogP contribution in [0.1, 0.15) is 52.9 Å². The van der Waals surface area contributed by atoms with Crippen LogP contribution in [0.4, 0.5) is 0 Å². The van der Waals surface area contributed by atoms with E-state index in [-0.39, 0.29) is 0 Å². The van der Waals surface area contributed by atoms with Crippen molar-refractivity contribution in [3.05, 3.63) is 0 Å². The van der Waals surface area contributed by atoms with Crippen LogP contribution in [0.2, 0.25) is 0 Å². The molecule has 1 N–H and O–H groups in total. The Morgan fingerprint density at radius 2 is 2.06 bits per heavy atom. The molecular formula is C14H30N2. The van der Waals surface area contributed by atoms with Crippen LogP contribution in [0.15, 0.2) is 0 Å². The lowest BCUT2D eigenvalue weighted by atomic mass is 9.98. The van der Waals surface area contributed by atoms with E-state index in [0.29, 0.717) is 6.04 Å². The number of likely N-dealkylation sites (tertiary alicyclic amines) is 1. The zero-order valence-electron chi connectivity index (χ0n) is 11.5. The zero-order valence-corrected chi connectivity index (χ0v) is 11.5. The Labute approximate surface area is 102 Å². The quantitative estimate of drug-likeness (QED) is 0.749. The van der Waals surface area contributed by atoms with Gasteiger partial charge in [-0.1, -0.05) is 20.3 Å². The maximum absolute atomic E-state index is 3.58. The molecule has 96 valence electrons. The number of hydrogen-bond donors (Lipinski definition) is 1. The molecule has 16 heavy (non-hydrogen) atoms. The first-order chi connectivity index (χ1) is 7.76. The van der Waals surface area contributed by atoms with Crippen molar-refractivity contribution >= 4 is 0 Å². The number of hydrogen-bond acceptors (Lipinski definition) is 2. The fourth-order valence-electron chi connectivity index (χ4n) is 2.47. The predicted molar refractivity (Wildman–Crippen MR) is 71.8 cm³/mol. The molecule has 0 aromatic rings. The van der Waals surface area contributed by atoms with E-state index in [2.05, 4.69) is 31.0 Å². The van der Waals surface area contributed by atoms with Crippen molar-refractivity contribution in [2.45, 2.75) is 58.9 Å². The maximum atomic E-state index is 3.58. The molecule has 0 aromatic heterocycles. The molecule has 1 heterocycles. The largest absolute Gasteiger partial charge is 0.313 e. The molecule has 1 fully saturated rings. The fourth-order valence-corrected chi connectivity index (χ4v) is 2.47. The van der Waals surface area contributed by atoms with Gasteiger partial charge in [0.1, 0.15) is 0 Å². The van der Waals surface area contributed by atoms with Crippen LogP contribution in [0.5, 0.6) is 0 Å². The third-order valence-corrected chi connectivity index (χ3v) is 4.05. The highest BCUT2D eigenvalue weighted by atomic mass is 15.1. The number of nitrogens with one attached hydrogen (secondary N) is 1. The van der Waals surface area contributed by atoms with Gasteiger partial charge < -0.3 is 10.2 Å². The first-order valence-corrected chi connectivity index (χ1v) is 7.22. The SMILES string of the molecule is CCC1CCCN(CCNC(C)CC)CC1. The molecule has 2 atom stereocenters. The zero-order chi connectivity index (χ0) is 11.8. The van der Waals surface area contributed by atoms with E-state index in [1.54, 1.807) is 0 Å². The monoisotopic (exact) mass is 226 g/mol. The lowest BCUT2D eigenvalue weighted by Crippen LogP contribution is -2.36. The number of rotatable bonds is 6. The van der Waals surface area contributed by atoms with Crippen molar-refractivity contribution in [2.24, 2.45) is 5.92 Å². The minimum Gasteiger partial charge on any atom is -0.313 e. The minimum atomic E-state index is 0.676. The van der Waals surface area contributed by atoms with Gasteiger partial charge >= 0.3 is 0 Å². The first-order valence-electron chi connectivity index (χ1n) is 7.22. The summed E-state index contributed by atoms with van der Waals surface area (Å²) in [5.41, 5.74) is 0. The van der Waals surface area contributed by atoms with E-state index in [1.165, 1.54) is 51.7 Å². The standard InChI is InChI=1S/C14H30N2/c1-4-13(3)15-9-12-16-10-6-7-14(5-2)8-11-16/h13-15H,4-12H2,1-3H3. The van der Waals surface area contributed by atoms with Gasteiger partial charge in [0.2, 0.25) is 0 Å². The third-order valence-electron chi connectivity index (χ3n) is 4.05. The van der Waals surface area contributed by atoms with Crippen molar-refractivity contribution in [3.63, 3.8) is 0 Å². The van der Waals surface area contributed by atoms with Gasteiger partial charge in [0.15, 0.2) is 0 Å². The fraction of sp³-hybridized carbons (Fsp3) is 1.00. The molecule has 0 bridgehead atoms. The van der Waals surface area contributed by atoms with Crippen molar-refractivity contribution < 1.29 is 0 Å². The highest BCUT2D eigenvalue weighted by Crippen LogP contribution is 2.19. The minimum absolute atomic E-state index is 0.676. The van der Waals surface area contributed by atoms with Crippen molar-refractivity contribution in [1.29, 1.82) is 0 Å². The summed E-state index contributed by atoms with van der Waals surface area (Å²) in [6.45, 7) is 11.9. The van der Waals surface area contributed by atoms with Crippen LogP contribution >= 0.6 is 0 Å². The van der Waals surface area contributed by atoms with Gasteiger partial charge in [-0.2, -0.15) is 0 Å². The van der Waals surface area contributed by atoms with Gasteiger partial charge in [0, 0.05) is 19.1 Å². The average molecular weight is 226 g/mol. The summed E-state index contributed by atoms with van der Waals surface area (Å²) in [5, 5.41) is 3.58. The van der Waals surface area contributed by atoms with Crippen molar-refractivity contribution in [1.82, 2.24) is 10.2 Å². The van der Waals surface area contributed by atoms with Gasteiger partial charge in [-0.3, -0.25) is 0 Å². The van der Waals surface area contributed by atoms with E-state index < -0.39 is 0 Å². The van der Waals surface area contributed by atoms with Crippen molar-refractivity contribution in [3.8, 4) is 0 Å². The molecule has 0 saturated carbocycles. The molecule has 0 spiro atoms. The van der Waals surface area contributed by atoms with Gasteiger partial charge in [0.25, 0.3) is 0 Å². The first kappa shape index (κ1) is 14.0. The molecule has 1 rings (SSSR count). The van der Waals surface area contributed by atoms with Crippen LogP contribution in [0.25, 0.3) is 0 Å². The molecule has 0 aromatic carbocycles. The summed E-state index contributed by atoms with van der Waals surface area (Å²) in [6, 6.07) is 0.676. The van der Waals surface area contributed by atoms with Gasteiger partial charge in [-0.15, -0.1) is 0 Å². The maximum Gasteiger partial charge on any atom is 0.0107 e. The van der Waals surface area contributed by atoms with E-state index in [1.807, 2.05) is 0 Å². The highest BCUT2D eigenvalue weighted by molar-refractivity contribution is 4.70. The van der Waals surface area contributed by atoms with Crippen LogP contribution in [-0.2, 0) is 0 Å². The predicted octanol–water partition coefficient (Wildman–Crippen LogP) is 2.89. The molecule has 0 aliphatic carbocycles. The summed E-state index contributed by atoms with van der Waals surface area (Å²) in [5.74, 6) is 0.993. The van der Waals surface area contributed by atoms with Crippen molar-refractivity contribution in [2.75, 3.05) is 26.2 Å². The smallest absolute Gasteiger partial charge is 0.0107 e. The summed E-state index contributed by atoms with van der Waals surface area (Å²) in [4.78, 5) is 2.64. The van der Waals surface area contributed by atoms with E-state index in [0.717, 1.165) is 12.5 Å². The van der Waals surface area contributed by atoms with E-state index in [9.17, 15) is 0 Å². The Morgan fingerprint density at radius 1 is 1.25 bits per heavy atom. The van der Waals surface area contributed by atoms with E-state index >= 15 is 0 Å². The molecular weight excluding hydrogens is 196 g/mol. The second-order valence-corrected chi connectivity index (χ2v) is 5.31. The van der Waals surface area contributed by atoms with E-state index in [4.69, 9.17) is 0 Å². The summed E-state index contributed by atoms with van der Waals surface area (Å²) < 4.78 is 0. The summed E-state index contributed by atoms with van der Waals surface area (Å²) in [6.07, 6.45) is 6.88. The van der Waals surface area contributed by atoms with Crippen LogP contribution in [-0.4, -0.2) is 37.1 Å².